The van der Waals surface area contributed by atoms with Gasteiger partial charge in [-0.25, -0.2) is 4.79 Å². The first-order valence-electron chi connectivity index (χ1n) is 9.37. The van der Waals surface area contributed by atoms with E-state index in [0.29, 0.717) is 0 Å². The van der Waals surface area contributed by atoms with E-state index in [0.717, 1.165) is 16.7 Å². The lowest BCUT2D eigenvalue weighted by molar-refractivity contribution is 0.145. The Kier molecular flexibility index (Phi) is 7.20. The highest BCUT2D eigenvalue weighted by atomic mass is 16.5. The van der Waals surface area contributed by atoms with Gasteiger partial charge in [0.15, 0.2) is 0 Å². The molecule has 0 spiro atoms. The van der Waals surface area contributed by atoms with Crippen LogP contribution in [0.15, 0.2) is 91.0 Å². The van der Waals surface area contributed by atoms with Gasteiger partial charge in [0, 0.05) is 12.0 Å². The molecular formula is C25H22N2O2. The van der Waals surface area contributed by atoms with Crippen LogP contribution in [0.3, 0.4) is 0 Å². The summed E-state index contributed by atoms with van der Waals surface area (Å²) in [5.74, 6) is 6.25. The van der Waals surface area contributed by atoms with E-state index in [9.17, 15) is 4.79 Å². The zero-order valence-corrected chi connectivity index (χ0v) is 16.0. The van der Waals surface area contributed by atoms with Crippen LogP contribution in [0.25, 0.3) is 0 Å². The number of benzene rings is 3. The first kappa shape index (κ1) is 19.9. The van der Waals surface area contributed by atoms with Crippen molar-refractivity contribution in [2.75, 3.05) is 0 Å². The first-order chi connectivity index (χ1) is 14.2. The molecule has 0 bridgehead atoms. The van der Waals surface area contributed by atoms with Crippen molar-refractivity contribution in [3.8, 4) is 11.8 Å². The van der Waals surface area contributed by atoms with Gasteiger partial charge in [-0.15, -0.1) is 0 Å². The highest BCUT2D eigenvalue weighted by molar-refractivity contribution is 5.94. The average Bonchev–Trinajstić information content (AvgIpc) is 2.77. The summed E-state index contributed by atoms with van der Waals surface area (Å²) in [6, 6.07) is 28.9. The van der Waals surface area contributed by atoms with Gasteiger partial charge < -0.3 is 4.74 Å². The van der Waals surface area contributed by atoms with Crippen LogP contribution < -0.4 is 5.32 Å². The minimum Gasteiger partial charge on any atom is -0.444 e. The van der Waals surface area contributed by atoms with E-state index in [1.807, 2.05) is 91.0 Å². The van der Waals surface area contributed by atoms with Crippen molar-refractivity contribution in [1.29, 1.82) is 5.41 Å². The number of amides is 1. The van der Waals surface area contributed by atoms with Crippen molar-refractivity contribution in [3.05, 3.63) is 108 Å². The molecule has 29 heavy (non-hydrogen) atoms. The predicted molar refractivity (Wildman–Crippen MR) is 115 cm³/mol. The van der Waals surface area contributed by atoms with Crippen LogP contribution in [0.5, 0.6) is 0 Å². The maximum absolute atomic E-state index is 12.0. The second kappa shape index (κ2) is 10.5. The normalized spacial score (nSPS) is 10.9. The maximum atomic E-state index is 12.0. The molecule has 3 aromatic carbocycles. The fourth-order valence-electron chi connectivity index (χ4n) is 2.77. The third-order valence-electron chi connectivity index (χ3n) is 4.24. The van der Waals surface area contributed by atoms with Crippen LogP contribution in [-0.2, 0) is 11.3 Å². The Hall–Kier alpha value is -3.84. The second-order valence-corrected chi connectivity index (χ2v) is 6.47. The fourth-order valence-corrected chi connectivity index (χ4v) is 2.77. The summed E-state index contributed by atoms with van der Waals surface area (Å²) < 4.78 is 5.19. The number of ether oxygens (including phenoxy) is 1. The minimum atomic E-state index is -0.637. The largest absolute Gasteiger partial charge is 0.444 e. The third kappa shape index (κ3) is 6.67. The zero-order valence-electron chi connectivity index (χ0n) is 16.0. The van der Waals surface area contributed by atoms with Gasteiger partial charge in [0.1, 0.15) is 12.4 Å². The Balaban J connectivity index is 1.62. The molecule has 144 valence electrons. The van der Waals surface area contributed by atoms with Crippen LogP contribution >= 0.6 is 0 Å². The predicted octanol–water partition coefficient (Wildman–Crippen LogP) is 5.12. The van der Waals surface area contributed by atoms with Crippen molar-refractivity contribution in [2.24, 2.45) is 0 Å². The van der Waals surface area contributed by atoms with Gasteiger partial charge in [0.25, 0.3) is 0 Å². The van der Waals surface area contributed by atoms with Crippen LogP contribution in [0.2, 0.25) is 0 Å². The number of hydrogen-bond acceptors (Lipinski definition) is 3. The molecule has 0 aromatic heterocycles. The van der Waals surface area contributed by atoms with Crippen molar-refractivity contribution in [1.82, 2.24) is 5.32 Å². The standard InChI is InChI=1S/C25H22N2O2/c26-24(27-25(28)29-19-21-12-6-2-7-13-21)18-23(22-14-8-3-9-15-22)17-16-20-10-4-1-5-11-20/h1-15,23H,18-19H2,(H2,26,27,28). The van der Waals surface area contributed by atoms with E-state index >= 15 is 0 Å². The Morgan fingerprint density at radius 1 is 0.897 bits per heavy atom. The van der Waals surface area contributed by atoms with Gasteiger partial charge in [-0.05, 0) is 23.3 Å². The van der Waals surface area contributed by atoms with Crippen molar-refractivity contribution < 1.29 is 9.53 Å². The lowest BCUT2D eigenvalue weighted by Gasteiger charge is -2.13. The summed E-state index contributed by atoms with van der Waals surface area (Å²) in [6.45, 7) is 0.163. The van der Waals surface area contributed by atoms with Gasteiger partial charge in [0.05, 0.1) is 5.92 Å². The summed E-state index contributed by atoms with van der Waals surface area (Å²) in [5.41, 5.74) is 2.81. The number of carbonyl (C=O) groups excluding carboxylic acids is 1. The maximum Gasteiger partial charge on any atom is 0.412 e. The lowest BCUT2D eigenvalue weighted by Crippen LogP contribution is -2.31. The van der Waals surface area contributed by atoms with Gasteiger partial charge in [-0.1, -0.05) is 90.7 Å². The van der Waals surface area contributed by atoms with Crippen LogP contribution in [0.4, 0.5) is 4.79 Å². The van der Waals surface area contributed by atoms with Crippen LogP contribution in [0.1, 0.15) is 29.0 Å². The smallest absolute Gasteiger partial charge is 0.412 e. The Morgan fingerprint density at radius 3 is 2.14 bits per heavy atom. The molecule has 0 fully saturated rings. The molecule has 0 aliphatic carbocycles. The van der Waals surface area contributed by atoms with Gasteiger partial charge in [-0.3, -0.25) is 10.7 Å². The highest BCUT2D eigenvalue weighted by Crippen LogP contribution is 2.19. The quantitative estimate of drug-likeness (QED) is 0.366. The number of nitrogens with one attached hydrogen (secondary N) is 2. The molecule has 0 aliphatic heterocycles. The summed E-state index contributed by atoms with van der Waals surface area (Å²) in [5, 5.41) is 10.7. The Morgan fingerprint density at radius 2 is 1.48 bits per heavy atom. The van der Waals surface area contributed by atoms with E-state index < -0.39 is 6.09 Å². The number of carbonyl (C=O) groups is 1. The molecule has 1 amide bonds. The number of hydrogen-bond donors (Lipinski definition) is 2. The molecular weight excluding hydrogens is 360 g/mol. The van der Waals surface area contributed by atoms with Crippen LogP contribution in [0, 0.1) is 17.3 Å². The molecule has 4 nitrogen and oxygen atoms in total. The van der Waals surface area contributed by atoms with Crippen LogP contribution in [-0.4, -0.2) is 11.9 Å². The molecule has 1 atom stereocenters. The highest BCUT2D eigenvalue weighted by Gasteiger charge is 2.14. The summed E-state index contributed by atoms with van der Waals surface area (Å²) in [6.07, 6.45) is -0.355. The molecule has 0 aliphatic rings. The van der Waals surface area contributed by atoms with E-state index in [1.165, 1.54) is 0 Å². The fraction of sp³-hybridized carbons (Fsp3) is 0.120. The lowest BCUT2D eigenvalue weighted by atomic mass is 9.95. The van der Waals surface area contributed by atoms with Gasteiger partial charge in [-0.2, -0.15) is 0 Å². The van der Waals surface area contributed by atoms with Gasteiger partial charge in [0.2, 0.25) is 0 Å². The van der Waals surface area contributed by atoms with Gasteiger partial charge >= 0.3 is 6.09 Å². The molecule has 4 heteroatoms. The number of rotatable bonds is 5. The average molecular weight is 382 g/mol. The van der Waals surface area contributed by atoms with E-state index in [4.69, 9.17) is 10.1 Å². The van der Waals surface area contributed by atoms with E-state index in [-0.39, 0.29) is 24.8 Å². The monoisotopic (exact) mass is 382 g/mol. The van der Waals surface area contributed by atoms with Crippen molar-refractivity contribution >= 4 is 11.9 Å². The molecule has 0 radical (unpaired) electrons. The molecule has 0 saturated heterocycles. The first-order valence-corrected chi connectivity index (χ1v) is 9.37. The summed E-state index contributed by atoms with van der Waals surface area (Å²) >= 11 is 0. The molecule has 1 unspecified atom stereocenters. The second-order valence-electron chi connectivity index (χ2n) is 6.47. The molecule has 0 saturated carbocycles. The molecule has 3 aromatic rings. The Labute approximate surface area is 171 Å². The third-order valence-corrected chi connectivity index (χ3v) is 4.24. The van der Waals surface area contributed by atoms with E-state index in [2.05, 4.69) is 17.2 Å². The molecule has 3 rings (SSSR count). The number of amidine groups is 1. The van der Waals surface area contributed by atoms with Crippen molar-refractivity contribution in [2.45, 2.75) is 18.9 Å². The minimum absolute atomic E-state index is 0.0688. The molecule has 2 N–H and O–H groups in total. The Bertz CT molecular complexity index is 991. The summed E-state index contributed by atoms with van der Waals surface area (Å²) in [7, 11) is 0. The zero-order chi connectivity index (χ0) is 20.3. The number of alkyl carbamates (subject to hydrolysis) is 1. The topological polar surface area (TPSA) is 62.2 Å². The van der Waals surface area contributed by atoms with E-state index in [1.54, 1.807) is 0 Å². The summed E-state index contributed by atoms with van der Waals surface area (Å²) in [4.78, 5) is 12.0. The van der Waals surface area contributed by atoms with Crippen molar-refractivity contribution in [3.63, 3.8) is 0 Å². The molecule has 0 heterocycles. The SMILES string of the molecule is N=C(CC(C#Cc1ccccc1)c1ccccc1)NC(=O)OCc1ccccc1.